The summed E-state index contributed by atoms with van der Waals surface area (Å²) in [5, 5.41) is 4.37. The first-order chi connectivity index (χ1) is 6.22. The van der Waals surface area contributed by atoms with E-state index in [0.29, 0.717) is 5.92 Å². The third-order valence-electron chi connectivity index (χ3n) is 2.53. The Morgan fingerprint density at radius 1 is 1.62 bits per heavy atom. The normalized spacial score (nSPS) is 19.0. The molecule has 1 aromatic rings. The fraction of sp³-hybridized carbons (Fsp3) is 0.778. The number of nitrogens with zero attached hydrogens (tertiary/aromatic N) is 3. The Morgan fingerprint density at radius 3 is 2.85 bits per heavy atom. The second kappa shape index (κ2) is 3.10. The lowest BCUT2D eigenvalue weighted by Crippen LogP contribution is -2.14. The molecule has 1 saturated carbocycles. The third-order valence-corrected chi connectivity index (χ3v) is 2.53. The summed E-state index contributed by atoms with van der Waals surface area (Å²) < 4.78 is 1.82. The minimum Gasteiger partial charge on any atom is -0.321 e. The smallest absolute Gasteiger partial charge is 0.154 e. The van der Waals surface area contributed by atoms with Gasteiger partial charge in [0.2, 0.25) is 0 Å². The molecule has 0 spiro atoms. The number of rotatable bonds is 3. The molecular weight excluding hydrogens is 164 g/mol. The molecule has 2 N–H and O–H groups in total. The third kappa shape index (κ3) is 1.58. The van der Waals surface area contributed by atoms with Crippen molar-refractivity contribution in [3.05, 3.63) is 11.6 Å². The summed E-state index contributed by atoms with van der Waals surface area (Å²) in [5.41, 5.74) is 5.91. The van der Waals surface area contributed by atoms with Crippen molar-refractivity contribution in [2.24, 2.45) is 12.8 Å². The van der Waals surface area contributed by atoms with E-state index in [9.17, 15) is 0 Å². The number of aromatic nitrogens is 3. The molecule has 4 heteroatoms. The van der Waals surface area contributed by atoms with Crippen LogP contribution in [0.2, 0.25) is 0 Å². The topological polar surface area (TPSA) is 56.7 Å². The summed E-state index contributed by atoms with van der Waals surface area (Å²) in [5.74, 6) is 2.52. The van der Waals surface area contributed by atoms with Gasteiger partial charge in [0.25, 0.3) is 0 Å². The van der Waals surface area contributed by atoms with Crippen molar-refractivity contribution in [1.29, 1.82) is 0 Å². The highest BCUT2D eigenvalue weighted by Crippen LogP contribution is 2.38. The Balaban J connectivity index is 2.24. The first-order valence-electron chi connectivity index (χ1n) is 4.88. The van der Waals surface area contributed by atoms with E-state index in [1.54, 1.807) is 0 Å². The Hall–Kier alpha value is -0.900. The zero-order valence-corrected chi connectivity index (χ0v) is 8.20. The van der Waals surface area contributed by atoms with E-state index < -0.39 is 0 Å². The first kappa shape index (κ1) is 8.69. The van der Waals surface area contributed by atoms with Crippen LogP contribution in [0.15, 0.2) is 0 Å². The van der Waals surface area contributed by atoms with Gasteiger partial charge in [-0.15, -0.1) is 0 Å². The molecule has 0 aromatic carbocycles. The molecule has 72 valence electrons. The van der Waals surface area contributed by atoms with Crippen LogP contribution in [0.5, 0.6) is 0 Å². The first-order valence-corrected chi connectivity index (χ1v) is 4.88. The second-order valence-electron chi connectivity index (χ2n) is 3.74. The van der Waals surface area contributed by atoms with E-state index in [0.717, 1.165) is 18.1 Å². The van der Waals surface area contributed by atoms with Crippen LogP contribution in [0.3, 0.4) is 0 Å². The van der Waals surface area contributed by atoms with Crippen molar-refractivity contribution in [3.63, 3.8) is 0 Å². The Bertz CT molecular complexity index is 301. The van der Waals surface area contributed by atoms with Gasteiger partial charge in [0.1, 0.15) is 5.82 Å². The Labute approximate surface area is 78.1 Å². The predicted molar refractivity (Wildman–Crippen MR) is 50.2 cm³/mol. The highest BCUT2D eigenvalue weighted by atomic mass is 15.3. The zero-order chi connectivity index (χ0) is 9.42. The van der Waals surface area contributed by atoms with Crippen LogP contribution in [0.4, 0.5) is 0 Å². The minimum atomic E-state index is 0.0324. The van der Waals surface area contributed by atoms with Crippen LogP contribution in [-0.4, -0.2) is 14.8 Å². The van der Waals surface area contributed by atoms with E-state index in [1.807, 2.05) is 11.7 Å². The molecule has 1 atom stereocenters. The molecule has 0 aliphatic heterocycles. The van der Waals surface area contributed by atoms with Gasteiger partial charge in [-0.3, -0.25) is 4.68 Å². The SMILES string of the molecule is CCC(N)c1nc(C2CC2)nn1C. The molecular formula is C9H16N4. The average molecular weight is 180 g/mol. The average Bonchev–Trinajstić information content (AvgIpc) is 2.89. The maximum atomic E-state index is 5.91. The van der Waals surface area contributed by atoms with Gasteiger partial charge in [-0.2, -0.15) is 5.10 Å². The monoisotopic (exact) mass is 180 g/mol. The molecule has 1 unspecified atom stereocenters. The Kier molecular flexibility index (Phi) is 2.07. The van der Waals surface area contributed by atoms with Gasteiger partial charge in [0.05, 0.1) is 6.04 Å². The molecule has 0 amide bonds. The maximum Gasteiger partial charge on any atom is 0.154 e. The van der Waals surface area contributed by atoms with Crippen molar-refractivity contribution < 1.29 is 0 Å². The molecule has 0 saturated heterocycles. The van der Waals surface area contributed by atoms with Gasteiger partial charge in [-0.05, 0) is 19.3 Å². The van der Waals surface area contributed by atoms with Gasteiger partial charge in [0.15, 0.2) is 5.82 Å². The van der Waals surface area contributed by atoms with Gasteiger partial charge < -0.3 is 5.73 Å². The van der Waals surface area contributed by atoms with Gasteiger partial charge in [0, 0.05) is 13.0 Å². The van der Waals surface area contributed by atoms with E-state index in [2.05, 4.69) is 17.0 Å². The number of aryl methyl sites for hydroxylation is 1. The number of nitrogens with two attached hydrogens (primary N) is 1. The molecule has 2 rings (SSSR count). The standard InChI is InChI=1S/C9H16N4/c1-3-7(10)9-11-8(6-4-5-6)12-13(9)2/h6-7H,3-5,10H2,1-2H3. The van der Waals surface area contributed by atoms with Crippen LogP contribution in [0.1, 0.15) is 49.8 Å². The Morgan fingerprint density at radius 2 is 2.31 bits per heavy atom. The lowest BCUT2D eigenvalue weighted by molar-refractivity contribution is 0.589. The summed E-state index contributed by atoms with van der Waals surface area (Å²) in [7, 11) is 1.92. The molecule has 1 aromatic heterocycles. The molecule has 13 heavy (non-hydrogen) atoms. The summed E-state index contributed by atoms with van der Waals surface area (Å²) in [4.78, 5) is 4.47. The molecule has 0 bridgehead atoms. The van der Waals surface area contributed by atoms with Crippen molar-refractivity contribution in [1.82, 2.24) is 14.8 Å². The lowest BCUT2D eigenvalue weighted by Gasteiger charge is -2.05. The second-order valence-corrected chi connectivity index (χ2v) is 3.74. The number of hydrogen-bond acceptors (Lipinski definition) is 3. The highest BCUT2D eigenvalue weighted by Gasteiger charge is 2.29. The molecule has 0 radical (unpaired) electrons. The van der Waals surface area contributed by atoms with Crippen LogP contribution in [-0.2, 0) is 7.05 Å². The van der Waals surface area contributed by atoms with E-state index in [4.69, 9.17) is 5.73 Å². The van der Waals surface area contributed by atoms with Crippen LogP contribution in [0.25, 0.3) is 0 Å². The highest BCUT2D eigenvalue weighted by molar-refractivity contribution is 5.07. The summed E-state index contributed by atoms with van der Waals surface area (Å²) in [6.45, 7) is 2.07. The van der Waals surface area contributed by atoms with Crippen molar-refractivity contribution in [3.8, 4) is 0 Å². The number of hydrogen-bond donors (Lipinski definition) is 1. The summed E-state index contributed by atoms with van der Waals surface area (Å²) in [6, 6.07) is 0.0324. The minimum absolute atomic E-state index is 0.0324. The summed E-state index contributed by atoms with van der Waals surface area (Å²) in [6.07, 6.45) is 3.40. The fourth-order valence-electron chi connectivity index (χ4n) is 1.44. The van der Waals surface area contributed by atoms with Crippen LogP contribution in [0, 0.1) is 0 Å². The maximum absolute atomic E-state index is 5.91. The largest absolute Gasteiger partial charge is 0.321 e. The van der Waals surface area contributed by atoms with E-state index in [1.165, 1.54) is 12.8 Å². The molecule has 1 aliphatic carbocycles. The predicted octanol–water partition coefficient (Wildman–Crippen LogP) is 1.10. The van der Waals surface area contributed by atoms with E-state index >= 15 is 0 Å². The van der Waals surface area contributed by atoms with Gasteiger partial charge in [-0.1, -0.05) is 6.92 Å². The van der Waals surface area contributed by atoms with Crippen LogP contribution < -0.4 is 5.73 Å². The van der Waals surface area contributed by atoms with Crippen LogP contribution >= 0.6 is 0 Å². The van der Waals surface area contributed by atoms with E-state index in [-0.39, 0.29) is 6.04 Å². The molecule has 1 heterocycles. The summed E-state index contributed by atoms with van der Waals surface area (Å²) >= 11 is 0. The quantitative estimate of drug-likeness (QED) is 0.757. The van der Waals surface area contributed by atoms with Gasteiger partial charge >= 0.3 is 0 Å². The fourth-order valence-corrected chi connectivity index (χ4v) is 1.44. The van der Waals surface area contributed by atoms with Gasteiger partial charge in [-0.25, -0.2) is 4.98 Å². The zero-order valence-electron chi connectivity index (χ0n) is 8.20. The lowest BCUT2D eigenvalue weighted by atomic mass is 10.2. The van der Waals surface area contributed by atoms with Crippen molar-refractivity contribution in [2.45, 2.75) is 38.1 Å². The molecule has 1 aliphatic rings. The molecule has 4 nitrogen and oxygen atoms in total. The van der Waals surface area contributed by atoms with Crippen molar-refractivity contribution in [2.75, 3.05) is 0 Å². The van der Waals surface area contributed by atoms with Crippen molar-refractivity contribution >= 4 is 0 Å². The molecule has 1 fully saturated rings.